The van der Waals surface area contributed by atoms with Crippen molar-refractivity contribution in [2.75, 3.05) is 39.8 Å². The van der Waals surface area contributed by atoms with Gasteiger partial charge in [-0.05, 0) is 49.4 Å². The highest BCUT2D eigenvalue weighted by atomic mass is 19.4. The quantitative estimate of drug-likeness (QED) is 0.449. The summed E-state index contributed by atoms with van der Waals surface area (Å²) in [6, 6.07) is 6.70. The maximum Gasteiger partial charge on any atom is 0.401 e. The van der Waals surface area contributed by atoms with Crippen LogP contribution in [-0.2, 0) is 5.41 Å². The number of alkyl halides is 3. The van der Waals surface area contributed by atoms with Crippen LogP contribution in [0.2, 0.25) is 0 Å². The van der Waals surface area contributed by atoms with Gasteiger partial charge in [-0.1, -0.05) is 12.1 Å². The summed E-state index contributed by atoms with van der Waals surface area (Å²) in [5.41, 5.74) is 0.931. The molecule has 2 fully saturated rings. The molecular formula is C19H26F4N4. The largest absolute Gasteiger partial charge is 0.401 e. The average molecular weight is 386 g/mol. The van der Waals surface area contributed by atoms with Crippen LogP contribution in [0.15, 0.2) is 29.3 Å². The van der Waals surface area contributed by atoms with Gasteiger partial charge in [-0.2, -0.15) is 13.2 Å². The van der Waals surface area contributed by atoms with Gasteiger partial charge in [-0.25, -0.2) is 4.39 Å². The molecule has 8 heteroatoms. The number of likely N-dealkylation sites (tertiary alicyclic amines) is 1. The maximum absolute atomic E-state index is 13.5. The number of benzene rings is 1. The Labute approximate surface area is 157 Å². The Morgan fingerprint density at radius 1 is 1.30 bits per heavy atom. The van der Waals surface area contributed by atoms with E-state index in [-0.39, 0.29) is 17.2 Å². The van der Waals surface area contributed by atoms with Gasteiger partial charge in [0.05, 0.1) is 6.54 Å². The summed E-state index contributed by atoms with van der Waals surface area (Å²) < 4.78 is 50.9. The second-order valence-electron chi connectivity index (χ2n) is 7.60. The fraction of sp³-hybridized carbons (Fsp3) is 0.632. The highest BCUT2D eigenvalue weighted by Gasteiger charge is 2.44. The topological polar surface area (TPSA) is 39.7 Å². The summed E-state index contributed by atoms with van der Waals surface area (Å²) in [4.78, 5) is 5.65. The van der Waals surface area contributed by atoms with E-state index in [1.807, 2.05) is 6.07 Å². The summed E-state index contributed by atoms with van der Waals surface area (Å²) in [5, 5.41) is 6.50. The second-order valence-corrected chi connectivity index (χ2v) is 7.60. The van der Waals surface area contributed by atoms with E-state index in [1.54, 1.807) is 19.2 Å². The number of hydrogen-bond donors (Lipinski definition) is 2. The lowest BCUT2D eigenvalue weighted by atomic mass is 9.96. The first-order valence-corrected chi connectivity index (χ1v) is 9.29. The number of guanidine groups is 1. The molecule has 0 amide bonds. The Hall–Kier alpha value is -1.83. The molecule has 1 aliphatic heterocycles. The average Bonchev–Trinajstić information content (AvgIpc) is 3.27. The summed E-state index contributed by atoms with van der Waals surface area (Å²) in [7, 11) is 1.67. The molecule has 1 atom stereocenters. The molecule has 1 saturated carbocycles. The second kappa shape index (κ2) is 8.04. The van der Waals surface area contributed by atoms with Crippen LogP contribution in [0.3, 0.4) is 0 Å². The lowest BCUT2D eigenvalue weighted by molar-refractivity contribution is -0.143. The number of rotatable bonds is 6. The van der Waals surface area contributed by atoms with Gasteiger partial charge in [-0.15, -0.1) is 0 Å². The van der Waals surface area contributed by atoms with Gasteiger partial charge in [0.1, 0.15) is 5.82 Å². The molecule has 0 aromatic heterocycles. The Morgan fingerprint density at radius 3 is 2.70 bits per heavy atom. The van der Waals surface area contributed by atoms with Crippen molar-refractivity contribution in [2.45, 2.75) is 30.9 Å². The van der Waals surface area contributed by atoms with Crippen molar-refractivity contribution in [2.24, 2.45) is 10.9 Å². The molecule has 1 aliphatic carbocycles. The Morgan fingerprint density at radius 2 is 2.07 bits per heavy atom. The number of nitrogens with zero attached hydrogens (tertiary/aromatic N) is 2. The number of hydrogen-bond acceptors (Lipinski definition) is 2. The van der Waals surface area contributed by atoms with Crippen LogP contribution < -0.4 is 10.6 Å². The van der Waals surface area contributed by atoms with Gasteiger partial charge in [-0.3, -0.25) is 9.89 Å². The highest BCUT2D eigenvalue weighted by Crippen LogP contribution is 2.47. The Kier molecular flexibility index (Phi) is 5.93. The molecule has 0 bridgehead atoms. The molecule has 2 aliphatic rings. The first-order valence-electron chi connectivity index (χ1n) is 9.29. The third kappa shape index (κ3) is 5.57. The monoisotopic (exact) mass is 386 g/mol. The zero-order chi connectivity index (χ0) is 19.5. The number of aliphatic imine (C=N–C) groups is 1. The third-order valence-electron chi connectivity index (χ3n) is 5.44. The number of halogens is 4. The van der Waals surface area contributed by atoms with E-state index < -0.39 is 12.7 Å². The van der Waals surface area contributed by atoms with Crippen molar-refractivity contribution in [1.29, 1.82) is 0 Å². The molecule has 1 unspecified atom stereocenters. The van der Waals surface area contributed by atoms with Gasteiger partial charge >= 0.3 is 6.18 Å². The van der Waals surface area contributed by atoms with E-state index in [4.69, 9.17) is 0 Å². The normalized spacial score (nSPS) is 22.7. The van der Waals surface area contributed by atoms with Gasteiger partial charge < -0.3 is 10.6 Å². The van der Waals surface area contributed by atoms with Gasteiger partial charge in [0.2, 0.25) is 0 Å². The summed E-state index contributed by atoms with van der Waals surface area (Å²) in [6.07, 6.45) is -1.41. The molecular weight excluding hydrogens is 360 g/mol. The standard InChI is InChI=1S/C19H26F4N4/c1-24-17(25-10-14-5-8-27(11-14)13-19(21,22)23)26-12-18(6-7-18)15-3-2-4-16(20)9-15/h2-4,9,14H,5-8,10-13H2,1H3,(H2,24,25,26). The van der Waals surface area contributed by atoms with Gasteiger partial charge in [0.25, 0.3) is 0 Å². The minimum Gasteiger partial charge on any atom is -0.356 e. The third-order valence-corrected chi connectivity index (χ3v) is 5.44. The molecule has 0 radical (unpaired) electrons. The molecule has 1 aromatic rings. The van der Waals surface area contributed by atoms with Crippen molar-refractivity contribution in [3.8, 4) is 0 Å². The molecule has 4 nitrogen and oxygen atoms in total. The highest BCUT2D eigenvalue weighted by molar-refractivity contribution is 5.79. The molecule has 27 heavy (non-hydrogen) atoms. The summed E-state index contributed by atoms with van der Waals surface area (Å²) in [6.45, 7) is 1.31. The minimum absolute atomic E-state index is 0.0589. The van der Waals surface area contributed by atoms with E-state index in [0.717, 1.165) is 24.8 Å². The summed E-state index contributed by atoms with van der Waals surface area (Å²) in [5.74, 6) is 0.571. The van der Waals surface area contributed by atoms with Crippen LogP contribution in [0.5, 0.6) is 0 Å². The van der Waals surface area contributed by atoms with Crippen molar-refractivity contribution >= 4 is 5.96 Å². The van der Waals surface area contributed by atoms with E-state index in [1.165, 1.54) is 11.0 Å². The molecule has 0 spiro atoms. The van der Waals surface area contributed by atoms with Crippen molar-refractivity contribution < 1.29 is 17.6 Å². The van der Waals surface area contributed by atoms with Crippen molar-refractivity contribution in [3.05, 3.63) is 35.6 Å². The molecule has 1 heterocycles. The lowest BCUT2D eigenvalue weighted by Gasteiger charge is -2.21. The van der Waals surface area contributed by atoms with Crippen LogP contribution in [0.4, 0.5) is 17.6 Å². The fourth-order valence-electron chi connectivity index (χ4n) is 3.73. The molecule has 3 rings (SSSR count). The van der Waals surface area contributed by atoms with Crippen LogP contribution in [0.25, 0.3) is 0 Å². The van der Waals surface area contributed by atoms with Crippen LogP contribution in [-0.4, -0.2) is 56.8 Å². The van der Waals surface area contributed by atoms with Crippen LogP contribution >= 0.6 is 0 Å². The predicted molar refractivity (Wildman–Crippen MR) is 97.3 cm³/mol. The first kappa shape index (κ1) is 19.9. The zero-order valence-electron chi connectivity index (χ0n) is 15.4. The smallest absolute Gasteiger partial charge is 0.356 e. The first-order chi connectivity index (χ1) is 12.8. The lowest BCUT2D eigenvalue weighted by Crippen LogP contribution is -2.43. The molecule has 150 valence electrons. The van der Waals surface area contributed by atoms with Crippen molar-refractivity contribution in [1.82, 2.24) is 15.5 Å². The van der Waals surface area contributed by atoms with Gasteiger partial charge in [0.15, 0.2) is 5.96 Å². The van der Waals surface area contributed by atoms with Crippen LogP contribution in [0.1, 0.15) is 24.8 Å². The van der Waals surface area contributed by atoms with E-state index in [2.05, 4.69) is 15.6 Å². The van der Waals surface area contributed by atoms with E-state index in [0.29, 0.717) is 32.1 Å². The van der Waals surface area contributed by atoms with Crippen molar-refractivity contribution in [3.63, 3.8) is 0 Å². The SMILES string of the molecule is CN=C(NCC1CCN(CC(F)(F)F)C1)NCC1(c2cccc(F)c2)CC1. The number of nitrogens with one attached hydrogen (secondary N) is 2. The van der Waals surface area contributed by atoms with E-state index in [9.17, 15) is 17.6 Å². The van der Waals surface area contributed by atoms with E-state index >= 15 is 0 Å². The maximum atomic E-state index is 13.5. The summed E-state index contributed by atoms with van der Waals surface area (Å²) >= 11 is 0. The predicted octanol–water partition coefficient (Wildman–Crippen LogP) is 2.91. The Balaban J connectivity index is 1.44. The fourth-order valence-corrected chi connectivity index (χ4v) is 3.73. The molecule has 1 aromatic carbocycles. The minimum atomic E-state index is -4.14. The molecule has 1 saturated heterocycles. The van der Waals surface area contributed by atoms with Crippen LogP contribution in [0, 0.1) is 11.7 Å². The molecule has 2 N–H and O–H groups in total. The zero-order valence-corrected chi connectivity index (χ0v) is 15.4. The Bertz CT molecular complexity index is 670. The van der Waals surface area contributed by atoms with Gasteiger partial charge in [0, 0.05) is 32.1 Å².